The van der Waals surface area contributed by atoms with Crippen LogP contribution in [0.4, 0.5) is 0 Å². The van der Waals surface area contributed by atoms with Crippen LogP contribution in [0.1, 0.15) is 189 Å². The average Bonchev–Trinajstić information content (AvgIpc) is 1.70. The molecule has 10 atom stereocenters. The predicted octanol–water partition coefficient (Wildman–Crippen LogP) is 26.2. The fourth-order valence-corrected chi connectivity index (χ4v) is 37.1. The molecule has 0 spiro atoms. The van der Waals surface area contributed by atoms with Gasteiger partial charge in [0.2, 0.25) is 0 Å². The molecule has 6 aliphatic rings. The van der Waals surface area contributed by atoms with Crippen LogP contribution in [0.5, 0.6) is 0 Å². The van der Waals surface area contributed by atoms with Gasteiger partial charge in [-0.2, -0.15) is 0 Å². The third-order valence-corrected chi connectivity index (χ3v) is 36.3. The second-order valence-corrected chi connectivity index (χ2v) is 49.0. The molecule has 6 aromatic rings. The van der Waals surface area contributed by atoms with E-state index in [4.69, 9.17) is 17.0 Å². The Balaban J connectivity index is 0.000000211. The van der Waals surface area contributed by atoms with E-state index in [1.54, 1.807) is 32.0 Å². The second kappa shape index (κ2) is 26.7. The van der Waals surface area contributed by atoms with Gasteiger partial charge in [0.25, 0.3) is 0 Å². The molecule has 4 aromatic carbocycles. The molecule has 2 fully saturated rings. The van der Waals surface area contributed by atoms with Crippen molar-refractivity contribution in [2.45, 2.75) is 204 Å². The zero-order valence-corrected chi connectivity index (χ0v) is 66.0. The summed E-state index contributed by atoms with van der Waals surface area (Å²) in [7, 11) is 6.47. The summed E-state index contributed by atoms with van der Waals surface area (Å²) in [5.41, 5.74) is 27.1. The van der Waals surface area contributed by atoms with Gasteiger partial charge in [0.05, 0.1) is 16.1 Å². The van der Waals surface area contributed by atoms with Gasteiger partial charge in [-0.05, 0) is 183 Å². The maximum atomic E-state index is 4.93. The molecule has 0 radical (unpaired) electrons. The Hall–Kier alpha value is -2.16. The van der Waals surface area contributed by atoms with Gasteiger partial charge in [-0.25, -0.2) is 0 Å². The van der Waals surface area contributed by atoms with Crippen LogP contribution < -0.4 is 0 Å². The molecule has 0 nitrogen and oxygen atoms in total. The Morgan fingerprint density at radius 3 is 0.989 bits per heavy atom. The van der Waals surface area contributed by atoms with Crippen molar-refractivity contribution >= 4 is 103 Å². The molecule has 0 amide bonds. The monoisotopic (exact) mass is 1380 g/mol. The van der Waals surface area contributed by atoms with E-state index in [0.29, 0.717) is 11.1 Å². The van der Waals surface area contributed by atoms with Crippen LogP contribution in [-0.2, 0) is 42.5 Å². The van der Waals surface area contributed by atoms with Crippen molar-refractivity contribution in [1.29, 1.82) is 0 Å². The van der Waals surface area contributed by atoms with E-state index in [0.717, 1.165) is 45.3 Å². The van der Waals surface area contributed by atoms with Crippen LogP contribution in [0.3, 0.4) is 0 Å². The van der Waals surface area contributed by atoms with Crippen LogP contribution in [0.2, 0.25) is 37.3 Å². The first kappa shape index (κ1) is 70.7. The van der Waals surface area contributed by atoms with Crippen molar-refractivity contribution in [3.63, 3.8) is 0 Å². The van der Waals surface area contributed by atoms with E-state index in [9.17, 15) is 0 Å². The molecule has 0 saturated heterocycles. The van der Waals surface area contributed by atoms with E-state index in [2.05, 4.69) is 291 Å². The van der Waals surface area contributed by atoms with E-state index in [1.807, 2.05) is 22.7 Å². The first-order chi connectivity index (χ1) is 39.8. The summed E-state index contributed by atoms with van der Waals surface area (Å²) >= 11 is 7.57. The summed E-state index contributed by atoms with van der Waals surface area (Å²) in [5.74, 6) is 3.11. The fraction of sp³-hybridized carbons (Fsp3) is 0.462. The van der Waals surface area contributed by atoms with Crippen LogP contribution in [0.15, 0.2) is 130 Å². The minimum atomic E-state index is -1.82. The number of halogens is 2. The standard InChI is InChI=1S/C38H52S2Si.C38H44S2Si.2CH3.2ClH.Zr/c2*1-23-19-29-31(25-11-15-27(16-12-25)37(3,4)5)21-39-33(29)35(23)41(9,10)36-24(2)20-30-32(22-40-34(30)36)26-13-17-28(18-14-26)38(6,7)8;;;;;/h11-18,21-24,29-30,33-36H,19-20H2,1-10H3;11-22,35-36H,1-10H3;2*1H3;2*1H;/q;;2*-1;;;+4/p-2. The maximum absolute atomic E-state index is 4.93. The topological polar surface area (TPSA) is 0 Å². The molecule has 9 heteroatoms. The molecule has 0 N–H and O–H groups in total. The normalized spacial score (nSPS) is 24.8. The number of hydrogen-bond acceptors (Lipinski definition) is 4. The summed E-state index contributed by atoms with van der Waals surface area (Å²) in [4.78, 5) is 3.20. The third-order valence-electron chi connectivity index (χ3n) is 20.9. The number of allylic oxidation sites excluding steroid dienone is 4. The van der Waals surface area contributed by atoms with Gasteiger partial charge in [-0.15, -0.1) is 46.2 Å². The Morgan fingerprint density at radius 1 is 0.437 bits per heavy atom. The van der Waals surface area contributed by atoms with Gasteiger partial charge < -0.3 is 14.9 Å². The van der Waals surface area contributed by atoms with Gasteiger partial charge in [0, 0.05) is 31.3 Å². The molecule has 2 saturated carbocycles. The Labute approximate surface area is 566 Å². The first-order valence-electron chi connectivity index (χ1n) is 31.5. The fourth-order valence-electron chi connectivity index (χ4n) is 16.7. The Bertz CT molecular complexity index is 3280. The molecule has 464 valence electrons. The number of thioether (sulfide) groups is 2. The van der Waals surface area contributed by atoms with Gasteiger partial charge in [-0.1, -0.05) is 243 Å². The van der Waals surface area contributed by atoms with Crippen LogP contribution in [-0.4, -0.2) is 26.6 Å². The van der Waals surface area contributed by atoms with Crippen molar-refractivity contribution in [3.05, 3.63) is 199 Å². The molecule has 10 unspecified atom stereocenters. The summed E-state index contributed by atoms with van der Waals surface area (Å²) in [6.07, 6.45) is 7.78. The molecule has 0 bridgehead atoms. The summed E-state index contributed by atoms with van der Waals surface area (Å²) in [6, 6.07) is 37.8. The second-order valence-electron chi connectivity index (χ2n) is 31.6. The van der Waals surface area contributed by atoms with Crippen molar-refractivity contribution in [2.24, 2.45) is 23.7 Å². The van der Waals surface area contributed by atoms with Gasteiger partial charge in [0.1, 0.15) is 0 Å². The third kappa shape index (κ3) is 13.8. The SMILES string of the molecule is CC1=Cc2c(-c3ccc(C(C)(C)C)cc3)csc2C1[Si](C)(C)C1C(C)=Cc2c(-c3ccc(C(C)(C)C)cc3)csc21.CC1CC2C(c3ccc(C(C)(C)C)cc3)=CSC2C1[Si](C)(C)C1C(C)CC2C(c3ccc(C(C)(C)C)cc3)=CSC21.[CH3-].[CH3-].[Cl][Zr+2][Cl]. The van der Waals surface area contributed by atoms with Gasteiger partial charge in [-0.3, -0.25) is 0 Å². The van der Waals surface area contributed by atoms with Crippen LogP contribution in [0.25, 0.3) is 45.6 Å². The predicted molar refractivity (Wildman–Crippen MR) is 400 cm³/mol. The van der Waals surface area contributed by atoms with Gasteiger partial charge >= 0.3 is 37.9 Å². The molecule has 87 heavy (non-hydrogen) atoms. The van der Waals surface area contributed by atoms with E-state index < -0.39 is 37.0 Å². The Kier molecular flexibility index (Phi) is 21.7. The summed E-state index contributed by atoms with van der Waals surface area (Å²) < 4.78 is 0. The Morgan fingerprint density at radius 2 is 0.713 bits per heavy atom. The molecule has 4 heterocycles. The zero-order chi connectivity index (χ0) is 61.7. The number of rotatable bonds is 8. The van der Waals surface area contributed by atoms with Gasteiger partial charge in [0.15, 0.2) is 0 Å². The van der Waals surface area contributed by atoms with E-state index in [1.165, 1.54) is 79.6 Å². The van der Waals surface area contributed by atoms with Crippen LogP contribution >= 0.6 is 63.2 Å². The van der Waals surface area contributed by atoms with Crippen molar-refractivity contribution in [2.75, 3.05) is 0 Å². The van der Waals surface area contributed by atoms with Crippen LogP contribution in [0, 0.1) is 38.5 Å². The molecule has 12 rings (SSSR count). The van der Waals surface area contributed by atoms with Crippen molar-refractivity contribution in [3.8, 4) is 22.3 Å². The van der Waals surface area contributed by atoms with Crippen molar-refractivity contribution in [1.82, 2.24) is 0 Å². The molecular weight excluding hydrogens is 1280 g/mol. The number of benzene rings is 4. The molecule has 2 aromatic heterocycles. The number of fused-ring (bicyclic) bond motifs is 4. The van der Waals surface area contributed by atoms with Crippen molar-refractivity contribution < 1.29 is 20.8 Å². The average molecular weight is 1390 g/mol. The zero-order valence-electron chi connectivity index (χ0n) is 56.8. The number of hydrogen-bond donors (Lipinski definition) is 0. The summed E-state index contributed by atoms with van der Waals surface area (Å²) in [6.45, 7) is 48.5. The minimum absolute atomic E-state index is 0. The molecule has 4 aliphatic carbocycles. The first-order valence-corrected chi connectivity index (χ1v) is 47.8. The molecular formula is C78H102Cl2S4Si2Zr. The summed E-state index contributed by atoms with van der Waals surface area (Å²) in [5, 5.41) is 11.5. The van der Waals surface area contributed by atoms with E-state index >= 15 is 0 Å². The quantitative estimate of drug-likeness (QED) is 0.110. The van der Waals surface area contributed by atoms with E-state index in [-0.39, 0.29) is 36.5 Å². The molecule has 2 aliphatic heterocycles. The number of thiophene rings is 2.